The molecule has 12 nitrogen and oxygen atoms in total. The first-order valence-corrected chi connectivity index (χ1v) is 22.2. The van der Waals surface area contributed by atoms with Crippen LogP contribution in [-0.2, 0) is 23.2 Å². The van der Waals surface area contributed by atoms with E-state index in [-0.39, 0.29) is 52.7 Å². The third kappa shape index (κ3) is 5.56. The zero-order valence-electron chi connectivity index (χ0n) is 31.4. The number of aliphatic hydroxyl groups is 6. The Labute approximate surface area is 342 Å². The van der Waals surface area contributed by atoms with Crippen LogP contribution < -0.4 is 10.1 Å². The molecule has 7 N–H and O–H groups in total. The predicted octanol–water partition coefficient (Wildman–Crippen LogP) is 4.79. The molecule has 0 radical (unpaired) electrons. The molecule has 2 aromatic carbocycles. The molecule has 10 unspecified atom stereocenters. The number of carbonyl (C=O) groups is 2. The molecule has 1 aromatic heterocycles. The minimum Gasteiger partial charge on any atom is -0.511 e. The summed E-state index contributed by atoms with van der Waals surface area (Å²) in [5, 5.41) is 72.4. The lowest BCUT2D eigenvalue weighted by atomic mass is 9.59. The Kier molecular flexibility index (Phi) is 9.26. The molecule has 3 aromatic rings. The average Bonchev–Trinajstić information content (AvgIpc) is 3.63. The number of anilines is 1. The molecule has 58 heavy (non-hydrogen) atoms. The number of nitrogens with one attached hydrogen (secondary N) is 1. The van der Waals surface area contributed by atoms with Gasteiger partial charge in [-0.05, 0) is 77.6 Å². The first-order valence-electron chi connectivity index (χ1n) is 19.8. The molecule has 12 rings (SSSR count). The van der Waals surface area contributed by atoms with Crippen molar-refractivity contribution in [3.63, 3.8) is 0 Å². The largest absolute Gasteiger partial charge is 0.511 e. The van der Waals surface area contributed by atoms with E-state index in [1.165, 1.54) is 33.7 Å². The van der Waals surface area contributed by atoms with Gasteiger partial charge in [0.05, 0.1) is 30.1 Å². The lowest BCUT2D eigenvalue weighted by molar-refractivity contribution is -0.318. The molecule has 4 aliphatic carbocycles. The van der Waals surface area contributed by atoms with Crippen LogP contribution in [0.15, 0.2) is 84.3 Å². The van der Waals surface area contributed by atoms with Crippen LogP contribution in [0.2, 0.25) is 0 Å². The van der Waals surface area contributed by atoms with Gasteiger partial charge in [0, 0.05) is 34.9 Å². The lowest BCUT2D eigenvalue weighted by Crippen LogP contribution is -2.70. The molecule has 0 amide bonds. The quantitative estimate of drug-likeness (QED) is 0.177. The normalized spacial score (nSPS) is 36.0. The van der Waals surface area contributed by atoms with E-state index in [0.717, 1.165) is 40.7 Å². The summed E-state index contributed by atoms with van der Waals surface area (Å²) in [4.78, 5) is 34.8. The van der Waals surface area contributed by atoms with Crippen LogP contribution in [0.5, 0.6) is 5.75 Å². The molecule has 2 spiro atoms. The van der Waals surface area contributed by atoms with E-state index in [1.807, 2.05) is 30.3 Å². The Morgan fingerprint density at radius 2 is 1.83 bits per heavy atom. The number of nitrogens with zero attached hydrogens (tertiary/aromatic N) is 1. The van der Waals surface area contributed by atoms with E-state index in [2.05, 4.69) is 11.4 Å². The van der Waals surface area contributed by atoms with Crippen LogP contribution in [0.25, 0.3) is 5.57 Å². The Balaban J connectivity index is 1.12. The van der Waals surface area contributed by atoms with Crippen molar-refractivity contribution in [2.45, 2.75) is 86.1 Å². The van der Waals surface area contributed by atoms with Crippen molar-refractivity contribution >= 4 is 44.5 Å². The molecule has 1 saturated carbocycles. The molecule has 10 atom stereocenters. The molecule has 14 heteroatoms. The van der Waals surface area contributed by atoms with Crippen LogP contribution in [0.4, 0.5) is 5.82 Å². The smallest absolute Gasteiger partial charge is 0.229 e. The molecular formula is C44H44N2O10S2. The summed E-state index contributed by atoms with van der Waals surface area (Å²) in [7, 11) is 2.91. The Hall–Kier alpha value is -3.99. The minimum absolute atomic E-state index is 0.0169. The van der Waals surface area contributed by atoms with E-state index in [4.69, 9.17) is 14.5 Å². The zero-order chi connectivity index (χ0) is 40.1. The fraction of sp³-hybridized carbons (Fsp3) is 0.432. The third-order valence-corrected chi connectivity index (χ3v) is 16.4. The second-order valence-corrected chi connectivity index (χ2v) is 19.3. The molecule has 2 fully saturated rings. The van der Waals surface area contributed by atoms with Gasteiger partial charge < -0.3 is 45.4 Å². The van der Waals surface area contributed by atoms with E-state index in [0.29, 0.717) is 30.7 Å². The van der Waals surface area contributed by atoms with Crippen molar-refractivity contribution in [3.8, 4) is 5.75 Å². The average molecular weight is 825 g/mol. The molecule has 5 aliphatic heterocycles. The van der Waals surface area contributed by atoms with E-state index < -0.39 is 65.1 Å². The van der Waals surface area contributed by atoms with Crippen LogP contribution in [0.3, 0.4) is 0 Å². The molecule has 1 saturated heterocycles. The van der Waals surface area contributed by atoms with Crippen LogP contribution in [-0.4, -0.2) is 95.1 Å². The van der Waals surface area contributed by atoms with E-state index in [9.17, 15) is 35.4 Å². The van der Waals surface area contributed by atoms with Crippen LogP contribution in [0, 0.1) is 17.3 Å². The number of aromatic nitrogens is 1. The second kappa shape index (κ2) is 14.1. The number of pyridine rings is 1. The number of benzene rings is 2. The summed E-state index contributed by atoms with van der Waals surface area (Å²) in [5.41, 5.74) is 0.580. The van der Waals surface area contributed by atoms with Gasteiger partial charge in [0.25, 0.3) is 0 Å². The zero-order valence-corrected chi connectivity index (χ0v) is 33.0. The van der Waals surface area contributed by atoms with Gasteiger partial charge in [0.15, 0.2) is 11.6 Å². The highest BCUT2D eigenvalue weighted by atomic mass is 33.1. The Morgan fingerprint density at radius 1 is 1.00 bits per heavy atom. The summed E-state index contributed by atoms with van der Waals surface area (Å²) < 4.78 is 12.3. The SMILES string of the molecule is O=C1c2cccc3c2C(=O)C2(CSSC4CC5=CC6CCCC6(CC6(O)C(O)C(CO)OC(O3)C6O)c3ccnc(c35)N4)C(O)=CC(Cc3cccc(CO)c3)=CC12. The number of hydrogen-bond acceptors (Lipinski definition) is 14. The van der Waals surface area contributed by atoms with Gasteiger partial charge in [0.2, 0.25) is 6.29 Å². The lowest BCUT2D eigenvalue weighted by Gasteiger charge is -2.53. The monoisotopic (exact) mass is 824 g/mol. The fourth-order valence-corrected chi connectivity index (χ4v) is 13.8. The molecule has 302 valence electrons. The van der Waals surface area contributed by atoms with Crippen molar-refractivity contribution in [2.24, 2.45) is 17.3 Å². The van der Waals surface area contributed by atoms with Crippen LogP contribution >= 0.6 is 21.6 Å². The van der Waals surface area contributed by atoms with Crippen molar-refractivity contribution < 1.29 is 49.7 Å². The first kappa shape index (κ1) is 38.2. The van der Waals surface area contributed by atoms with Gasteiger partial charge in [0.1, 0.15) is 46.7 Å². The van der Waals surface area contributed by atoms with Gasteiger partial charge in [-0.2, -0.15) is 0 Å². The number of ketones is 2. The number of allylic oxidation sites excluding steroid dienone is 5. The summed E-state index contributed by atoms with van der Waals surface area (Å²) in [6, 6.07) is 14.0. The molecule has 9 aliphatic rings. The Bertz CT molecular complexity index is 2330. The highest BCUT2D eigenvalue weighted by Crippen LogP contribution is 2.61. The highest BCUT2D eigenvalue weighted by molar-refractivity contribution is 8.77. The highest BCUT2D eigenvalue weighted by Gasteiger charge is 2.63. The van der Waals surface area contributed by atoms with Crippen molar-refractivity contribution in [2.75, 3.05) is 17.7 Å². The number of carbonyl (C=O) groups excluding carboxylic acids is 2. The first-order chi connectivity index (χ1) is 28.0. The second-order valence-electron chi connectivity index (χ2n) is 16.8. The third-order valence-electron chi connectivity index (χ3n) is 13.7. The topological polar surface area (TPSA) is 199 Å². The number of rotatable bonds is 4. The van der Waals surface area contributed by atoms with Gasteiger partial charge in [-0.15, -0.1) is 0 Å². The van der Waals surface area contributed by atoms with Crippen molar-refractivity contribution in [1.29, 1.82) is 0 Å². The maximum atomic E-state index is 15.3. The van der Waals surface area contributed by atoms with Gasteiger partial charge >= 0.3 is 0 Å². The molecule has 6 heterocycles. The minimum atomic E-state index is -2.24. The fourth-order valence-electron chi connectivity index (χ4n) is 10.9. The van der Waals surface area contributed by atoms with Gasteiger partial charge in [-0.25, -0.2) is 4.98 Å². The predicted molar refractivity (Wildman–Crippen MR) is 217 cm³/mol. The summed E-state index contributed by atoms with van der Waals surface area (Å²) in [5.74, 6) is -1.70. The van der Waals surface area contributed by atoms with E-state index >= 15 is 4.79 Å². The number of Topliss-reactive ketones (excluding diaryl/α,β-unsaturated/α-hetero) is 2. The maximum Gasteiger partial charge on any atom is 0.229 e. The summed E-state index contributed by atoms with van der Waals surface area (Å²) in [6.45, 7) is -0.836. The standard InChI is InChI=1S/C44H44N2O10S2/c47-18-23-5-1-4-22(12-23)13-24-14-29-36(50)27-7-2-8-30-35(27)38(52)43(29,32(49)15-24)21-57-58-33-17-25-16-26-6-3-10-42(26,28-9-11-45-40(46-33)34(25)28)20-44(54)37(51)31(19-48)56-41(55-30)39(44)53/h1-2,4-5,7-9,11-12,14-16,26,29,31,33,37,39,41,47-49,51,53-54H,3,6,10,13,17-21H2,(H,45,46). The van der Waals surface area contributed by atoms with Gasteiger partial charge in [-0.1, -0.05) is 76.6 Å². The maximum absolute atomic E-state index is 15.3. The summed E-state index contributed by atoms with van der Waals surface area (Å²) in [6.07, 6.45) is 3.98. The van der Waals surface area contributed by atoms with Crippen LogP contribution in [0.1, 0.15) is 75.1 Å². The Morgan fingerprint density at radius 3 is 2.66 bits per heavy atom. The van der Waals surface area contributed by atoms with Gasteiger partial charge in [-0.3, -0.25) is 9.59 Å². The summed E-state index contributed by atoms with van der Waals surface area (Å²) >= 11 is 0. The number of hydrogen-bond donors (Lipinski definition) is 7. The molecular weight excluding hydrogens is 781 g/mol. The van der Waals surface area contributed by atoms with E-state index in [1.54, 1.807) is 24.4 Å². The van der Waals surface area contributed by atoms with Crippen molar-refractivity contribution in [1.82, 2.24) is 4.98 Å². The number of aliphatic hydroxyl groups excluding tert-OH is 5. The number of ether oxygens (including phenoxy) is 2. The molecule has 10 bridgehead atoms. The van der Waals surface area contributed by atoms with Crippen molar-refractivity contribution in [3.05, 3.63) is 118 Å².